The number of aliphatic hydroxyl groups is 1. The summed E-state index contributed by atoms with van der Waals surface area (Å²) in [7, 11) is 0. The molecule has 1 aliphatic carbocycles. The van der Waals surface area contributed by atoms with Gasteiger partial charge < -0.3 is 10.4 Å². The Hall–Kier alpha value is -2.90. The lowest BCUT2D eigenvalue weighted by Crippen LogP contribution is -2.09. The van der Waals surface area contributed by atoms with Crippen LogP contribution in [0, 0.1) is 0 Å². The van der Waals surface area contributed by atoms with Crippen molar-refractivity contribution in [1.82, 2.24) is 19.9 Å². The summed E-state index contributed by atoms with van der Waals surface area (Å²) in [6.07, 6.45) is 10.6. The maximum absolute atomic E-state index is 9.22. The minimum atomic E-state index is 0.0753. The van der Waals surface area contributed by atoms with Gasteiger partial charge in [0.25, 0.3) is 0 Å². The molecule has 3 aromatic heterocycles. The highest BCUT2D eigenvalue weighted by atomic mass is 32.1. The van der Waals surface area contributed by atoms with Gasteiger partial charge in [-0.05, 0) is 48.8 Å². The van der Waals surface area contributed by atoms with Crippen molar-refractivity contribution in [2.24, 2.45) is 0 Å². The van der Waals surface area contributed by atoms with Gasteiger partial charge >= 0.3 is 0 Å². The zero-order valence-electron chi connectivity index (χ0n) is 16.6. The van der Waals surface area contributed by atoms with Gasteiger partial charge in [0.15, 0.2) is 5.82 Å². The number of nitrogens with zero attached hydrogens (tertiary/aromatic N) is 4. The molecule has 3 heterocycles. The van der Waals surface area contributed by atoms with Crippen molar-refractivity contribution in [3.05, 3.63) is 64.4 Å². The molecular weight excluding hydrogens is 394 g/mol. The summed E-state index contributed by atoms with van der Waals surface area (Å²) in [5, 5.41) is 14.0. The summed E-state index contributed by atoms with van der Waals surface area (Å²) >= 11 is 1.79. The van der Waals surface area contributed by atoms with Crippen LogP contribution in [0.15, 0.2) is 42.9 Å². The summed E-state index contributed by atoms with van der Waals surface area (Å²) in [6, 6.07) is 8.08. The number of hydrogen-bond donors (Lipinski definition) is 2. The topological polar surface area (TPSA) is 83.8 Å². The number of thiophene rings is 1. The summed E-state index contributed by atoms with van der Waals surface area (Å²) in [5.74, 6) is 1.51. The summed E-state index contributed by atoms with van der Waals surface area (Å²) in [5.41, 5.74) is 4.27. The molecule has 0 unspecified atom stereocenters. The number of anilines is 1. The van der Waals surface area contributed by atoms with Gasteiger partial charge in [-0.1, -0.05) is 24.3 Å². The number of aliphatic hydroxyl groups excluding tert-OH is 1. The highest BCUT2D eigenvalue weighted by Gasteiger charge is 2.21. The lowest BCUT2D eigenvalue weighted by molar-refractivity contribution is 0.282. The zero-order chi connectivity index (χ0) is 20.3. The maximum Gasteiger partial charge on any atom is 0.183 e. The van der Waals surface area contributed by atoms with Crippen LogP contribution >= 0.6 is 11.3 Å². The predicted molar refractivity (Wildman–Crippen MR) is 120 cm³/mol. The average Bonchev–Trinajstić information content (AvgIpc) is 3.19. The smallest absolute Gasteiger partial charge is 0.183 e. The van der Waals surface area contributed by atoms with Crippen LogP contribution in [0.3, 0.4) is 0 Å². The minimum absolute atomic E-state index is 0.0753. The molecule has 7 heteroatoms. The SMILES string of the molecule is OCc1ccc(CCNc2nc(-c3cnccn3)nc3sc4c(c23)CCCC4)cc1. The van der Waals surface area contributed by atoms with Crippen molar-refractivity contribution in [1.29, 1.82) is 0 Å². The molecule has 2 N–H and O–H groups in total. The molecule has 0 saturated heterocycles. The second-order valence-corrected chi connectivity index (χ2v) is 8.61. The minimum Gasteiger partial charge on any atom is -0.392 e. The molecule has 0 atom stereocenters. The Bertz CT molecular complexity index is 1160. The molecule has 1 aliphatic rings. The number of hydrogen-bond acceptors (Lipinski definition) is 7. The van der Waals surface area contributed by atoms with Gasteiger partial charge in [-0.3, -0.25) is 4.98 Å². The van der Waals surface area contributed by atoms with E-state index in [9.17, 15) is 5.11 Å². The molecule has 6 nitrogen and oxygen atoms in total. The van der Waals surface area contributed by atoms with Crippen LogP contribution in [0.5, 0.6) is 0 Å². The van der Waals surface area contributed by atoms with E-state index in [1.54, 1.807) is 29.9 Å². The van der Waals surface area contributed by atoms with E-state index in [4.69, 9.17) is 9.97 Å². The van der Waals surface area contributed by atoms with Crippen molar-refractivity contribution in [2.75, 3.05) is 11.9 Å². The molecule has 0 saturated carbocycles. The molecular formula is C23H23N5OS. The van der Waals surface area contributed by atoms with E-state index in [0.717, 1.165) is 42.0 Å². The first-order valence-corrected chi connectivity index (χ1v) is 11.1. The third-order valence-electron chi connectivity index (χ3n) is 5.52. The van der Waals surface area contributed by atoms with Gasteiger partial charge in [-0.2, -0.15) is 0 Å². The third kappa shape index (κ3) is 3.78. The lowest BCUT2D eigenvalue weighted by Gasteiger charge is -2.13. The van der Waals surface area contributed by atoms with Gasteiger partial charge in [0.2, 0.25) is 0 Å². The molecule has 0 aliphatic heterocycles. The van der Waals surface area contributed by atoms with E-state index >= 15 is 0 Å². The second kappa shape index (κ2) is 8.45. The number of rotatable bonds is 6. The molecule has 30 heavy (non-hydrogen) atoms. The number of aromatic nitrogens is 4. The standard InChI is InChI=1S/C23H23N5OS/c29-14-16-7-5-15(6-8-16)9-10-26-22-20-17-3-1-2-4-19(17)30-23(20)28-21(27-22)18-13-24-11-12-25-18/h5-8,11-13,29H,1-4,9-10,14H2,(H,26,27,28). The fourth-order valence-electron chi connectivity index (χ4n) is 3.95. The van der Waals surface area contributed by atoms with E-state index in [1.165, 1.54) is 34.2 Å². The monoisotopic (exact) mass is 417 g/mol. The van der Waals surface area contributed by atoms with E-state index in [2.05, 4.69) is 27.4 Å². The number of aryl methyl sites for hydroxylation is 2. The largest absolute Gasteiger partial charge is 0.392 e. The highest BCUT2D eigenvalue weighted by molar-refractivity contribution is 7.19. The quantitative estimate of drug-likeness (QED) is 0.490. The zero-order valence-corrected chi connectivity index (χ0v) is 17.5. The fourth-order valence-corrected chi connectivity index (χ4v) is 5.21. The van der Waals surface area contributed by atoms with E-state index in [0.29, 0.717) is 11.5 Å². The Labute approximate surface area is 179 Å². The van der Waals surface area contributed by atoms with E-state index in [-0.39, 0.29) is 6.61 Å². The summed E-state index contributed by atoms with van der Waals surface area (Å²) in [6.45, 7) is 0.848. The van der Waals surface area contributed by atoms with Crippen molar-refractivity contribution in [3.63, 3.8) is 0 Å². The van der Waals surface area contributed by atoms with Gasteiger partial charge in [-0.15, -0.1) is 11.3 Å². The van der Waals surface area contributed by atoms with Gasteiger partial charge in [0.05, 0.1) is 18.2 Å². The Morgan fingerprint density at radius 3 is 2.63 bits per heavy atom. The van der Waals surface area contributed by atoms with Gasteiger partial charge in [-0.25, -0.2) is 15.0 Å². The molecule has 152 valence electrons. The molecule has 0 amide bonds. The van der Waals surface area contributed by atoms with Gasteiger partial charge in [0, 0.05) is 23.8 Å². The van der Waals surface area contributed by atoms with Crippen molar-refractivity contribution in [2.45, 2.75) is 38.7 Å². The van der Waals surface area contributed by atoms with Crippen LogP contribution in [-0.4, -0.2) is 31.6 Å². The first kappa shape index (κ1) is 19.1. The highest BCUT2D eigenvalue weighted by Crippen LogP contribution is 2.39. The molecule has 0 radical (unpaired) electrons. The van der Waals surface area contributed by atoms with Crippen molar-refractivity contribution in [3.8, 4) is 11.5 Å². The molecule has 4 aromatic rings. The Morgan fingerprint density at radius 2 is 1.83 bits per heavy atom. The Morgan fingerprint density at radius 1 is 1.00 bits per heavy atom. The average molecular weight is 418 g/mol. The van der Waals surface area contributed by atoms with E-state index < -0.39 is 0 Å². The van der Waals surface area contributed by atoms with Crippen molar-refractivity contribution >= 4 is 27.4 Å². The van der Waals surface area contributed by atoms with Crippen LogP contribution in [0.1, 0.15) is 34.4 Å². The predicted octanol–water partition coefficient (Wildman–Crippen LogP) is 4.17. The van der Waals surface area contributed by atoms with E-state index in [1.807, 2.05) is 12.1 Å². The molecule has 0 spiro atoms. The molecule has 0 fully saturated rings. The van der Waals surface area contributed by atoms with Crippen LogP contribution in [0.25, 0.3) is 21.7 Å². The summed E-state index contributed by atoms with van der Waals surface area (Å²) in [4.78, 5) is 20.7. The first-order valence-electron chi connectivity index (χ1n) is 10.3. The molecule has 5 rings (SSSR count). The van der Waals surface area contributed by atoms with Crippen LogP contribution in [-0.2, 0) is 25.9 Å². The van der Waals surface area contributed by atoms with Gasteiger partial charge in [0.1, 0.15) is 16.3 Å². The lowest BCUT2D eigenvalue weighted by atomic mass is 9.97. The molecule has 1 aromatic carbocycles. The number of benzene rings is 1. The summed E-state index contributed by atoms with van der Waals surface area (Å²) < 4.78 is 0. The molecule has 0 bridgehead atoms. The Kier molecular flexibility index (Phi) is 5.38. The number of fused-ring (bicyclic) bond motifs is 3. The van der Waals surface area contributed by atoms with Crippen molar-refractivity contribution < 1.29 is 5.11 Å². The van der Waals surface area contributed by atoms with Crippen LogP contribution in [0.4, 0.5) is 5.82 Å². The van der Waals surface area contributed by atoms with Crippen LogP contribution < -0.4 is 5.32 Å². The Balaban J connectivity index is 1.47. The normalized spacial score (nSPS) is 13.4. The second-order valence-electron chi connectivity index (χ2n) is 7.53. The number of nitrogens with one attached hydrogen (secondary N) is 1. The van der Waals surface area contributed by atoms with Crippen LogP contribution in [0.2, 0.25) is 0 Å². The third-order valence-corrected chi connectivity index (χ3v) is 6.70. The first-order chi connectivity index (χ1) is 14.8. The maximum atomic E-state index is 9.22. The fraction of sp³-hybridized carbons (Fsp3) is 0.304.